The van der Waals surface area contributed by atoms with Crippen LogP contribution in [-0.2, 0) is 0 Å². The summed E-state index contributed by atoms with van der Waals surface area (Å²) in [6, 6.07) is 4.31. The third-order valence-electron chi connectivity index (χ3n) is 7.82. The quantitative estimate of drug-likeness (QED) is 0.0718. The molecule has 3 rings (SSSR count). The summed E-state index contributed by atoms with van der Waals surface area (Å²) >= 11 is 3.37. The molecule has 44 heavy (non-hydrogen) atoms. The van der Waals surface area contributed by atoms with Gasteiger partial charge in [-0.1, -0.05) is 71.1 Å². The van der Waals surface area contributed by atoms with Gasteiger partial charge in [0.2, 0.25) is 11.9 Å². The first-order valence-electron chi connectivity index (χ1n) is 16.1. The van der Waals surface area contributed by atoms with E-state index in [1.807, 2.05) is 19.1 Å². The second-order valence-corrected chi connectivity index (χ2v) is 14.5. The molecule has 2 atom stereocenters. The van der Waals surface area contributed by atoms with Crippen molar-refractivity contribution in [2.75, 3.05) is 48.3 Å². The summed E-state index contributed by atoms with van der Waals surface area (Å²) in [7, 11) is 0. The molecule has 242 valence electrons. The number of nitrogens with zero attached hydrogens (tertiary/aromatic N) is 4. The molecule has 6 N–H and O–H groups in total. The largest absolute Gasteiger partial charge is 0.354 e. The first-order valence-corrected chi connectivity index (χ1v) is 18.0. The van der Waals surface area contributed by atoms with Crippen LogP contribution < -0.4 is 22.1 Å². The number of anilines is 2. The van der Waals surface area contributed by atoms with E-state index < -0.39 is 0 Å². The molecular formula is C34H54N8S2. The highest BCUT2D eigenvalue weighted by molar-refractivity contribution is 7.99. The van der Waals surface area contributed by atoms with Gasteiger partial charge in [0, 0.05) is 55.4 Å². The van der Waals surface area contributed by atoms with Crippen LogP contribution in [0.4, 0.5) is 11.9 Å². The molecule has 0 bridgehead atoms. The van der Waals surface area contributed by atoms with Crippen LogP contribution in [0.1, 0.15) is 77.6 Å². The fourth-order valence-corrected chi connectivity index (χ4v) is 6.89. The van der Waals surface area contributed by atoms with E-state index in [1.165, 1.54) is 0 Å². The topological polar surface area (TPSA) is 128 Å². The minimum absolute atomic E-state index is 0.128. The molecule has 10 heteroatoms. The van der Waals surface area contributed by atoms with Crippen molar-refractivity contribution in [3.63, 3.8) is 0 Å². The maximum absolute atomic E-state index is 5.86. The molecule has 0 aliphatic heterocycles. The molecule has 0 unspecified atom stereocenters. The van der Waals surface area contributed by atoms with Crippen LogP contribution in [0.2, 0.25) is 0 Å². The summed E-state index contributed by atoms with van der Waals surface area (Å²) in [6.45, 7) is 20.7. The Balaban J connectivity index is 2.03. The third-order valence-corrected chi connectivity index (χ3v) is 9.71. The van der Waals surface area contributed by atoms with Crippen molar-refractivity contribution in [3.05, 3.63) is 60.0 Å². The van der Waals surface area contributed by atoms with Crippen molar-refractivity contribution in [2.45, 2.75) is 76.3 Å². The smallest absolute Gasteiger partial charge is 0.223 e. The van der Waals surface area contributed by atoms with Crippen LogP contribution in [0.3, 0.4) is 0 Å². The predicted octanol–water partition coefficient (Wildman–Crippen LogP) is 7.11. The number of nitrogens with two attached hydrogens (primary N) is 2. The van der Waals surface area contributed by atoms with Gasteiger partial charge in [0.25, 0.3) is 0 Å². The summed E-state index contributed by atoms with van der Waals surface area (Å²) in [5.41, 5.74) is 14.9. The average molecular weight is 639 g/mol. The van der Waals surface area contributed by atoms with E-state index in [-0.39, 0.29) is 23.7 Å². The van der Waals surface area contributed by atoms with Crippen molar-refractivity contribution in [2.24, 2.45) is 35.1 Å². The minimum Gasteiger partial charge on any atom is -0.354 e. The lowest BCUT2D eigenvalue weighted by Gasteiger charge is -2.51. The lowest BCUT2D eigenvalue weighted by Crippen LogP contribution is -2.43. The molecule has 8 nitrogen and oxygen atoms in total. The maximum atomic E-state index is 5.86. The SMILES string of the molecule is C=C(/C=C\C=C/C)C1[C@@H](c2cc(SCCN)nc(NCCC(C)C)n2)C(C)[C@@H]1c1cc(SCCN)nc(NCCC(C)C)n1. The molecule has 0 saturated heterocycles. The molecule has 1 aliphatic rings. The molecule has 0 spiro atoms. The van der Waals surface area contributed by atoms with Crippen molar-refractivity contribution < 1.29 is 0 Å². The number of hydrogen-bond acceptors (Lipinski definition) is 10. The van der Waals surface area contributed by atoms with Crippen LogP contribution in [0.25, 0.3) is 0 Å². The molecule has 2 heterocycles. The summed E-state index contributed by atoms with van der Waals surface area (Å²) in [5, 5.41) is 8.88. The Morgan fingerprint density at radius 1 is 0.841 bits per heavy atom. The maximum Gasteiger partial charge on any atom is 0.223 e. The van der Waals surface area contributed by atoms with Gasteiger partial charge >= 0.3 is 0 Å². The lowest BCUT2D eigenvalue weighted by molar-refractivity contribution is 0.136. The van der Waals surface area contributed by atoms with E-state index in [1.54, 1.807) is 23.5 Å². The zero-order chi connectivity index (χ0) is 32.1. The van der Waals surface area contributed by atoms with Crippen molar-refractivity contribution in [3.8, 4) is 0 Å². The summed E-state index contributed by atoms with van der Waals surface area (Å²) < 4.78 is 0. The van der Waals surface area contributed by atoms with Crippen LogP contribution in [0, 0.1) is 23.7 Å². The van der Waals surface area contributed by atoms with Gasteiger partial charge in [-0.3, -0.25) is 0 Å². The first kappa shape index (κ1) is 36.1. The van der Waals surface area contributed by atoms with Crippen LogP contribution in [-0.4, -0.2) is 57.6 Å². The Labute approximate surface area is 274 Å². The number of thioether (sulfide) groups is 2. The highest BCUT2D eigenvalue weighted by Crippen LogP contribution is 2.59. The molecule has 0 aromatic carbocycles. The van der Waals surface area contributed by atoms with Gasteiger partial charge in [0.15, 0.2) is 0 Å². The highest BCUT2D eigenvalue weighted by Gasteiger charge is 2.51. The number of nitrogens with one attached hydrogen (secondary N) is 2. The summed E-state index contributed by atoms with van der Waals surface area (Å²) in [5.74, 6) is 4.94. The average Bonchev–Trinajstić information content (AvgIpc) is 2.97. The second kappa shape index (κ2) is 18.5. The molecule has 1 saturated carbocycles. The van der Waals surface area contributed by atoms with E-state index in [0.29, 0.717) is 36.8 Å². The fraction of sp³-hybridized carbons (Fsp3) is 0.588. The van der Waals surface area contributed by atoms with E-state index in [0.717, 1.165) is 64.4 Å². The molecule has 0 amide bonds. The fourth-order valence-electron chi connectivity index (χ4n) is 5.53. The standard InChI is InChI=1S/C34H54N8S2/c1-8-9-10-11-24(6)30-31(26-20-28(43-18-14-35)41-33(39-26)37-16-12-22(2)3)25(7)32(30)27-21-29(44-19-15-36)42-34(40-27)38-17-13-23(4)5/h8-11,20-23,25,30-32H,6,12-19,35-36H2,1-5,7H3,(H,37,39,41)(H,38,40,42)/b9-8-,11-10-/t25?,30?,31-,32-/m1/s1. The van der Waals surface area contributed by atoms with Crippen LogP contribution >= 0.6 is 23.5 Å². The van der Waals surface area contributed by atoms with Crippen LogP contribution in [0.15, 0.2) is 58.6 Å². The Morgan fingerprint density at radius 3 is 1.73 bits per heavy atom. The van der Waals surface area contributed by atoms with Gasteiger partial charge in [-0.2, -0.15) is 0 Å². The van der Waals surface area contributed by atoms with E-state index >= 15 is 0 Å². The molecular weight excluding hydrogens is 585 g/mol. The van der Waals surface area contributed by atoms with Gasteiger partial charge < -0.3 is 22.1 Å². The normalized spacial score (nSPS) is 20.1. The van der Waals surface area contributed by atoms with Gasteiger partial charge in [-0.25, -0.2) is 19.9 Å². The zero-order valence-electron chi connectivity index (χ0n) is 27.6. The van der Waals surface area contributed by atoms with E-state index in [4.69, 9.17) is 31.4 Å². The molecule has 1 fully saturated rings. The van der Waals surface area contributed by atoms with Crippen molar-refractivity contribution in [1.29, 1.82) is 0 Å². The minimum atomic E-state index is 0.128. The molecule has 2 aromatic heterocycles. The number of hydrogen-bond donors (Lipinski definition) is 4. The number of allylic oxidation sites excluding steroid dienone is 5. The van der Waals surface area contributed by atoms with E-state index in [9.17, 15) is 0 Å². The summed E-state index contributed by atoms with van der Waals surface area (Å²) in [6.07, 6.45) is 10.4. The van der Waals surface area contributed by atoms with Crippen LogP contribution in [0.5, 0.6) is 0 Å². The third kappa shape index (κ3) is 10.6. The monoisotopic (exact) mass is 638 g/mol. The van der Waals surface area contributed by atoms with E-state index in [2.05, 4.69) is 76.1 Å². The Kier molecular flexibility index (Phi) is 15.2. The van der Waals surface area contributed by atoms with Gasteiger partial charge in [-0.05, 0) is 49.7 Å². The first-order chi connectivity index (χ1) is 21.2. The number of rotatable bonds is 19. The predicted molar refractivity (Wildman–Crippen MR) is 191 cm³/mol. The molecule has 0 radical (unpaired) electrons. The summed E-state index contributed by atoms with van der Waals surface area (Å²) in [4.78, 5) is 19.8. The second-order valence-electron chi connectivity index (χ2n) is 12.3. The molecule has 1 aliphatic carbocycles. The highest BCUT2D eigenvalue weighted by atomic mass is 32.2. The Bertz CT molecular complexity index is 1170. The Morgan fingerprint density at radius 2 is 1.32 bits per heavy atom. The van der Waals surface area contributed by atoms with Gasteiger partial charge in [-0.15, -0.1) is 23.5 Å². The van der Waals surface area contributed by atoms with Crippen molar-refractivity contribution in [1.82, 2.24) is 19.9 Å². The Hall–Kier alpha value is -2.40. The zero-order valence-corrected chi connectivity index (χ0v) is 29.2. The van der Waals surface area contributed by atoms with Gasteiger partial charge in [0.05, 0.1) is 11.4 Å². The van der Waals surface area contributed by atoms with Crippen molar-refractivity contribution >= 4 is 35.4 Å². The lowest BCUT2D eigenvalue weighted by atomic mass is 9.53. The number of aromatic nitrogens is 4. The molecule has 2 aromatic rings. The van der Waals surface area contributed by atoms with Gasteiger partial charge in [0.1, 0.15) is 10.1 Å².